The Labute approximate surface area is 164 Å². The van der Waals surface area contributed by atoms with Gasteiger partial charge in [-0.1, -0.05) is 30.3 Å². The quantitative estimate of drug-likeness (QED) is 0.430. The summed E-state index contributed by atoms with van der Waals surface area (Å²) in [6, 6.07) is 9.76. The van der Waals surface area contributed by atoms with Crippen LogP contribution in [0.1, 0.15) is 17.8 Å². The lowest BCUT2D eigenvalue weighted by Gasteiger charge is -2.35. The van der Waals surface area contributed by atoms with Gasteiger partial charge in [-0.2, -0.15) is 18.7 Å². The molecule has 0 unspecified atom stereocenters. The van der Waals surface area contributed by atoms with Crippen molar-refractivity contribution in [1.82, 2.24) is 15.9 Å². The molecule has 1 fully saturated rings. The molecule has 0 bridgehead atoms. The predicted molar refractivity (Wildman–Crippen MR) is 101 cm³/mol. The maximum Gasteiger partial charge on any atom is 0.472 e. The molecule has 1 aliphatic heterocycles. The lowest BCUT2D eigenvalue weighted by molar-refractivity contribution is -0.0845. The van der Waals surface area contributed by atoms with Crippen molar-refractivity contribution in [2.45, 2.75) is 24.4 Å². The van der Waals surface area contributed by atoms with E-state index in [0.29, 0.717) is 26.1 Å². The minimum Gasteiger partial charge on any atom is -0.382 e. The summed E-state index contributed by atoms with van der Waals surface area (Å²) < 4.78 is 44.2. The Morgan fingerprint density at radius 3 is 2.64 bits per heavy atom. The molecule has 6 nitrogen and oxygen atoms in total. The molecule has 2 aromatic rings. The van der Waals surface area contributed by atoms with Gasteiger partial charge in [0, 0.05) is 43.2 Å². The Morgan fingerprint density at radius 1 is 1.29 bits per heavy atom. The van der Waals surface area contributed by atoms with Crippen molar-refractivity contribution in [2.75, 3.05) is 26.8 Å². The molecular weight excluding hydrogens is 393 g/mol. The number of aromatic nitrogens is 1. The number of rotatable bonds is 6. The Morgan fingerprint density at radius 2 is 2.00 bits per heavy atom. The zero-order valence-electron chi connectivity index (χ0n) is 15.3. The number of hydrogen-bond donors (Lipinski definition) is 2. The highest BCUT2D eigenvalue weighted by atomic mass is 32.1. The van der Waals surface area contributed by atoms with Gasteiger partial charge < -0.3 is 15.0 Å². The zero-order chi connectivity index (χ0) is 20.0. The van der Waals surface area contributed by atoms with Crippen molar-refractivity contribution in [3.8, 4) is 11.3 Å². The van der Waals surface area contributed by atoms with Gasteiger partial charge in [0.2, 0.25) is 0 Å². The minimum absolute atomic E-state index is 0.199. The SMILES string of the molecule is CNO/C(=N\NCC1(c2nc(-c3ccccc3)cs2)CCOCC1)C(F)(F)F. The maximum absolute atomic E-state index is 12.9. The van der Waals surface area contributed by atoms with Gasteiger partial charge in [-0.15, -0.1) is 16.4 Å². The first-order valence-electron chi connectivity index (χ1n) is 8.75. The van der Waals surface area contributed by atoms with Crippen LogP contribution in [0.3, 0.4) is 0 Å². The van der Waals surface area contributed by atoms with E-state index in [9.17, 15) is 13.2 Å². The number of halogens is 3. The third kappa shape index (κ3) is 4.81. The molecule has 0 radical (unpaired) electrons. The van der Waals surface area contributed by atoms with Gasteiger partial charge in [-0.3, -0.25) is 0 Å². The molecule has 1 saturated heterocycles. The fourth-order valence-corrected chi connectivity index (χ4v) is 4.08. The van der Waals surface area contributed by atoms with Gasteiger partial charge in [-0.25, -0.2) is 4.98 Å². The van der Waals surface area contributed by atoms with Crippen molar-refractivity contribution in [2.24, 2.45) is 5.10 Å². The number of hydroxylamine groups is 1. The Kier molecular flexibility index (Phi) is 6.53. The molecule has 10 heteroatoms. The third-order valence-corrected chi connectivity index (χ3v) is 5.61. The summed E-state index contributed by atoms with van der Waals surface area (Å²) >= 11 is 1.50. The normalized spacial score (nSPS) is 17.4. The molecule has 0 spiro atoms. The van der Waals surface area contributed by atoms with Crippen molar-refractivity contribution >= 4 is 17.2 Å². The van der Waals surface area contributed by atoms with Crippen LogP contribution in [-0.4, -0.2) is 43.9 Å². The monoisotopic (exact) mass is 414 g/mol. The molecular formula is C18H21F3N4O2S. The third-order valence-electron chi connectivity index (χ3n) is 4.52. The number of benzene rings is 1. The number of hydrazone groups is 1. The van der Waals surface area contributed by atoms with Gasteiger partial charge in [-0.05, 0) is 12.8 Å². The van der Waals surface area contributed by atoms with Gasteiger partial charge in [0.1, 0.15) is 5.01 Å². The molecule has 0 atom stereocenters. The van der Waals surface area contributed by atoms with Crippen LogP contribution in [0.2, 0.25) is 0 Å². The molecule has 0 aliphatic carbocycles. The van der Waals surface area contributed by atoms with E-state index in [0.717, 1.165) is 16.3 Å². The van der Waals surface area contributed by atoms with Crippen molar-refractivity contribution in [3.05, 3.63) is 40.7 Å². The molecule has 2 heterocycles. The molecule has 28 heavy (non-hydrogen) atoms. The standard InChI is InChI=1S/C18H21F3N4O2S/c1-22-27-15(18(19,20)21)25-23-12-17(7-9-26-10-8-17)16-24-14(11-28-16)13-5-3-2-4-6-13/h2-6,11,22-23H,7-10,12H2,1H3/b25-15-. The highest BCUT2D eigenvalue weighted by Crippen LogP contribution is 2.38. The first kappa shape index (κ1) is 20.6. The number of hydrogen-bond acceptors (Lipinski definition) is 7. The van der Waals surface area contributed by atoms with E-state index in [1.54, 1.807) is 0 Å². The summed E-state index contributed by atoms with van der Waals surface area (Å²) in [6.07, 6.45) is -3.41. The summed E-state index contributed by atoms with van der Waals surface area (Å²) in [4.78, 5) is 9.14. The average Bonchev–Trinajstić information content (AvgIpc) is 3.19. The molecule has 1 aliphatic rings. The zero-order valence-corrected chi connectivity index (χ0v) is 16.1. The van der Waals surface area contributed by atoms with E-state index in [4.69, 9.17) is 9.72 Å². The van der Waals surface area contributed by atoms with E-state index >= 15 is 0 Å². The number of thiazole rings is 1. The van der Waals surface area contributed by atoms with Crippen molar-refractivity contribution < 1.29 is 22.7 Å². The number of alkyl halides is 3. The molecule has 1 aromatic carbocycles. The van der Waals surface area contributed by atoms with E-state index in [2.05, 4.69) is 15.4 Å². The summed E-state index contributed by atoms with van der Waals surface area (Å²) in [5.74, 6) is -1.37. The fourth-order valence-electron chi connectivity index (χ4n) is 2.99. The van der Waals surface area contributed by atoms with Gasteiger partial charge in [0.15, 0.2) is 0 Å². The second-order valence-corrected chi connectivity index (χ2v) is 7.21. The highest BCUT2D eigenvalue weighted by molar-refractivity contribution is 7.10. The highest BCUT2D eigenvalue weighted by Gasteiger charge is 2.40. The first-order valence-corrected chi connectivity index (χ1v) is 9.63. The van der Waals surface area contributed by atoms with Crippen LogP contribution in [0.5, 0.6) is 0 Å². The molecule has 0 amide bonds. The Bertz CT molecular complexity index is 790. The second-order valence-electron chi connectivity index (χ2n) is 6.35. The first-order chi connectivity index (χ1) is 13.4. The average molecular weight is 414 g/mol. The van der Waals surface area contributed by atoms with E-state index in [1.807, 2.05) is 41.2 Å². The topological polar surface area (TPSA) is 67.8 Å². The van der Waals surface area contributed by atoms with Crippen LogP contribution < -0.4 is 10.9 Å². The summed E-state index contributed by atoms with van der Waals surface area (Å²) in [5.41, 5.74) is 5.96. The lowest BCUT2D eigenvalue weighted by Crippen LogP contribution is -2.42. The van der Waals surface area contributed by atoms with Gasteiger partial charge in [0.25, 0.3) is 0 Å². The van der Waals surface area contributed by atoms with E-state index in [-0.39, 0.29) is 6.54 Å². The Hall–Kier alpha value is -2.17. The molecule has 152 valence electrons. The minimum atomic E-state index is -4.69. The van der Waals surface area contributed by atoms with Crippen LogP contribution >= 0.6 is 11.3 Å². The largest absolute Gasteiger partial charge is 0.472 e. The van der Waals surface area contributed by atoms with Crippen LogP contribution in [-0.2, 0) is 15.0 Å². The maximum atomic E-state index is 12.9. The van der Waals surface area contributed by atoms with Crippen LogP contribution in [0.25, 0.3) is 11.3 Å². The summed E-state index contributed by atoms with van der Waals surface area (Å²) in [6.45, 7) is 1.24. The molecule has 3 rings (SSSR count). The smallest absolute Gasteiger partial charge is 0.382 e. The predicted octanol–water partition coefficient (Wildman–Crippen LogP) is 3.47. The molecule has 2 N–H and O–H groups in total. The van der Waals surface area contributed by atoms with Gasteiger partial charge >= 0.3 is 12.1 Å². The second kappa shape index (κ2) is 8.89. The van der Waals surface area contributed by atoms with Crippen LogP contribution in [0, 0.1) is 0 Å². The number of nitrogens with zero attached hydrogens (tertiary/aromatic N) is 2. The lowest BCUT2D eigenvalue weighted by atomic mass is 9.81. The van der Waals surface area contributed by atoms with Gasteiger partial charge in [0.05, 0.1) is 5.69 Å². The number of nitrogens with one attached hydrogen (secondary N) is 2. The summed E-state index contributed by atoms with van der Waals surface area (Å²) in [7, 11) is 1.24. The van der Waals surface area contributed by atoms with Crippen molar-refractivity contribution in [1.29, 1.82) is 0 Å². The molecule has 1 aromatic heterocycles. The summed E-state index contributed by atoms with van der Waals surface area (Å²) in [5, 5.41) is 6.24. The molecule has 0 saturated carbocycles. The van der Waals surface area contributed by atoms with E-state index < -0.39 is 17.5 Å². The fraction of sp³-hybridized carbons (Fsp3) is 0.444. The Balaban J connectivity index is 1.81. The van der Waals surface area contributed by atoms with Crippen molar-refractivity contribution in [3.63, 3.8) is 0 Å². The van der Waals surface area contributed by atoms with Crippen LogP contribution in [0.15, 0.2) is 40.8 Å². The van der Waals surface area contributed by atoms with Crippen LogP contribution in [0.4, 0.5) is 13.2 Å². The number of ether oxygens (including phenoxy) is 1. The van der Waals surface area contributed by atoms with E-state index in [1.165, 1.54) is 18.4 Å².